The van der Waals surface area contributed by atoms with Crippen LogP contribution in [0.4, 0.5) is 0 Å². The van der Waals surface area contributed by atoms with E-state index in [0.717, 1.165) is 24.2 Å². The highest BCUT2D eigenvalue weighted by Crippen LogP contribution is 2.59. The minimum Gasteiger partial charge on any atom is -0.491 e. The molecule has 0 amide bonds. The second kappa shape index (κ2) is 10.8. The molecule has 2 saturated heterocycles. The lowest BCUT2D eigenvalue weighted by atomic mass is 9.68. The van der Waals surface area contributed by atoms with Gasteiger partial charge >= 0.3 is 5.97 Å². The van der Waals surface area contributed by atoms with Crippen molar-refractivity contribution in [3.05, 3.63) is 47.6 Å². The van der Waals surface area contributed by atoms with Crippen molar-refractivity contribution in [3.63, 3.8) is 0 Å². The smallest absolute Gasteiger partial charge is 0.331 e. The zero-order valence-electron chi connectivity index (χ0n) is 21.5. The predicted octanol–water partition coefficient (Wildman–Crippen LogP) is 4.34. The largest absolute Gasteiger partial charge is 0.491 e. The van der Waals surface area contributed by atoms with Crippen LogP contribution in [-0.2, 0) is 28.5 Å². The van der Waals surface area contributed by atoms with Gasteiger partial charge in [0, 0.05) is 20.3 Å². The van der Waals surface area contributed by atoms with Gasteiger partial charge in [-0.15, -0.1) is 0 Å². The topological polar surface area (TPSA) is 79.1 Å². The second-order valence-electron chi connectivity index (χ2n) is 10.1. The Morgan fingerprint density at radius 3 is 2.54 bits per heavy atom. The third-order valence-electron chi connectivity index (χ3n) is 7.35. The van der Waals surface area contributed by atoms with Crippen molar-refractivity contribution in [2.75, 3.05) is 34.0 Å². The number of epoxide rings is 2. The number of allylic oxidation sites excluding steroid dienone is 1. The average Bonchev–Trinajstić information content (AvgIpc) is 3.75. The van der Waals surface area contributed by atoms with Gasteiger partial charge in [-0.1, -0.05) is 23.8 Å². The molecule has 1 spiro atoms. The monoisotopic (exact) mass is 486 g/mol. The Labute approximate surface area is 208 Å². The molecule has 7 nitrogen and oxygen atoms in total. The van der Waals surface area contributed by atoms with Crippen LogP contribution >= 0.6 is 0 Å². The van der Waals surface area contributed by atoms with E-state index >= 15 is 0 Å². The maximum Gasteiger partial charge on any atom is 0.331 e. The molecule has 4 rings (SSSR count). The summed E-state index contributed by atoms with van der Waals surface area (Å²) in [6.45, 7) is 8.07. The highest BCUT2D eigenvalue weighted by molar-refractivity contribution is 5.87. The van der Waals surface area contributed by atoms with Gasteiger partial charge in [-0.2, -0.15) is 0 Å². The first-order valence-corrected chi connectivity index (χ1v) is 12.4. The summed E-state index contributed by atoms with van der Waals surface area (Å²) < 4.78 is 34.6. The van der Waals surface area contributed by atoms with Crippen LogP contribution in [-0.4, -0.2) is 69.5 Å². The lowest BCUT2D eigenvalue weighted by molar-refractivity contribution is -0.166. The standard InChI is InChI=1S/C28H38O7/c1-19(2)6-12-23-27(3,35-23)26-25(31-5)22(14-15-28(26)18-33-28)34-24(29)13-9-20-7-10-21(11-8-20)32-17-16-30-4/h6-11,13,22-23,25-26H,12,14-18H2,1-5H3/b13-9+/t22-,23+,25-,26-,27?,28+/m1/s1. The fourth-order valence-corrected chi connectivity index (χ4v) is 5.34. The molecule has 3 aliphatic rings. The number of benzene rings is 1. The number of esters is 1. The molecular weight excluding hydrogens is 448 g/mol. The van der Waals surface area contributed by atoms with E-state index in [1.807, 2.05) is 24.3 Å². The van der Waals surface area contributed by atoms with Crippen LogP contribution in [0.15, 0.2) is 42.0 Å². The Hall–Kier alpha value is -2.19. The molecule has 0 bridgehead atoms. The lowest BCUT2D eigenvalue weighted by Crippen LogP contribution is -2.55. The highest BCUT2D eigenvalue weighted by Gasteiger charge is 2.72. The van der Waals surface area contributed by atoms with E-state index in [1.54, 1.807) is 20.3 Å². The second-order valence-corrected chi connectivity index (χ2v) is 10.1. The molecule has 1 aromatic carbocycles. The normalized spacial score (nSPS) is 33.5. The Morgan fingerprint density at radius 2 is 1.91 bits per heavy atom. The number of ether oxygens (including phenoxy) is 6. The average molecular weight is 487 g/mol. The number of methoxy groups -OCH3 is 2. The minimum absolute atomic E-state index is 0.0109. The van der Waals surface area contributed by atoms with Gasteiger partial charge in [-0.25, -0.2) is 4.79 Å². The van der Waals surface area contributed by atoms with E-state index in [9.17, 15) is 4.79 Å². The molecule has 3 fully saturated rings. The van der Waals surface area contributed by atoms with Crippen LogP contribution in [0.25, 0.3) is 6.08 Å². The van der Waals surface area contributed by atoms with Crippen LogP contribution in [0.1, 0.15) is 45.6 Å². The lowest BCUT2D eigenvalue weighted by Gasteiger charge is -2.42. The molecule has 7 heteroatoms. The van der Waals surface area contributed by atoms with Gasteiger partial charge < -0.3 is 28.4 Å². The molecule has 35 heavy (non-hydrogen) atoms. The first-order chi connectivity index (χ1) is 16.8. The van der Waals surface area contributed by atoms with E-state index in [0.29, 0.717) is 26.2 Å². The zero-order chi connectivity index (χ0) is 25.1. The van der Waals surface area contributed by atoms with Crippen LogP contribution in [0.5, 0.6) is 5.75 Å². The highest BCUT2D eigenvalue weighted by atomic mass is 16.6. The summed E-state index contributed by atoms with van der Waals surface area (Å²) in [6.07, 6.45) is 7.31. The predicted molar refractivity (Wildman–Crippen MR) is 132 cm³/mol. The molecule has 2 aliphatic heterocycles. The Balaban J connectivity index is 1.37. The summed E-state index contributed by atoms with van der Waals surface area (Å²) in [5.41, 5.74) is 1.58. The molecule has 6 atom stereocenters. The third kappa shape index (κ3) is 5.97. The summed E-state index contributed by atoms with van der Waals surface area (Å²) in [5.74, 6) is 0.386. The molecule has 2 heterocycles. The summed E-state index contributed by atoms with van der Waals surface area (Å²) >= 11 is 0. The Bertz CT molecular complexity index is 929. The Kier molecular flexibility index (Phi) is 8.01. The van der Waals surface area contributed by atoms with Gasteiger partial charge in [-0.3, -0.25) is 0 Å². The minimum atomic E-state index is -0.383. The number of carbonyl (C=O) groups is 1. The maximum atomic E-state index is 12.7. The quantitative estimate of drug-likeness (QED) is 0.151. The van der Waals surface area contributed by atoms with Crippen molar-refractivity contribution < 1.29 is 33.2 Å². The third-order valence-corrected chi connectivity index (χ3v) is 7.35. The van der Waals surface area contributed by atoms with E-state index < -0.39 is 0 Å². The van der Waals surface area contributed by atoms with Gasteiger partial charge in [0.05, 0.1) is 25.2 Å². The van der Waals surface area contributed by atoms with Crippen molar-refractivity contribution >= 4 is 12.0 Å². The molecule has 1 saturated carbocycles. The molecule has 0 radical (unpaired) electrons. The molecule has 192 valence electrons. The van der Waals surface area contributed by atoms with Crippen molar-refractivity contribution in [1.82, 2.24) is 0 Å². The first kappa shape index (κ1) is 25.9. The number of hydrogen-bond donors (Lipinski definition) is 0. The number of carbonyl (C=O) groups excluding carboxylic acids is 1. The molecule has 0 N–H and O–H groups in total. The molecule has 1 unspecified atom stereocenters. The number of rotatable bonds is 11. The van der Waals surface area contributed by atoms with Crippen LogP contribution in [0.2, 0.25) is 0 Å². The van der Waals surface area contributed by atoms with Gasteiger partial charge in [0.25, 0.3) is 0 Å². The van der Waals surface area contributed by atoms with Crippen molar-refractivity contribution in [2.45, 2.75) is 69.5 Å². The van der Waals surface area contributed by atoms with Crippen LogP contribution < -0.4 is 4.74 Å². The van der Waals surface area contributed by atoms with Gasteiger partial charge in [-0.05, 0) is 63.8 Å². The zero-order valence-corrected chi connectivity index (χ0v) is 21.5. The van der Waals surface area contributed by atoms with Gasteiger partial charge in [0.1, 0.15) is 35.8 Å². The van der Waals surface area contributed by atoms with E-state index in [1.165, 1.54) is 11.6 Å². The molecule has 0 aromatic heterocycles. The van der Waals surface area contributed by atoms with Crippen molar-refractivity contribution in [3.8, 4) is 5.75 Å². The summed E-state index contributed by atoms with van der Waals surface area (Å²) in [6, 6.07) is 7.52. The Morgan fingerprint density at radius 1 is 1.17 bits per heavy atom. The van der Waals surface area contributed by atoms with Crippen LogP contribution in [0.3, 0.4) is 0 Å². The fraction of sp³-hybridized carbons (Fsp3) is 0.607. The van der Waals surface area contributed by atoms with E-state index in [4.69, 9.17) is 28.4 Å². The van der Waals surface area contributed by atoms with Gasteiger partial charge in [0.15, 0.2) is 0 Å². The first-order valence-electron chi connectivity index (χ1n) is 12.4. The summed E-state index contributed by atoms with van der Waals surface area (Å²) in [5, 5.41) is 0. The molecule has 1 aromatic rings. The fourth-order valence-electron chi connectivity index (χ4n) is 5.34. The SMILES string of the molecule is COCCOc1ccc(/C=C/C(=O)O[C@@H]2CC[C@]3(CO3)[C@@H](C3(C)O[C@H]3CC=C(C)C)[C@@H]2OC)cc1. The summed E-state index contributed by atoms with van der Waals surface area (Å²) in [4.78, 5) is 12.7. The van der Waals surface area contributed by atoms with E-state index in [2.05, 4.69) is 26.8 Å². The number of hydrogen-bond acceptors (Lipinski definition) is 7. The molecular formula is C28H38O7. The van der Waals surface area contributed by atoms with Crippen molar-refractivity contribution in [1.29, 1.82) is 0 Å². The van der Waals surface area contributed by atoms with Gasteiger partial charge in [0.2, 0.25) is 0 Å². The maximum absolute atomic E-state index is 12.7. The van der Waals surface area contributed by atoms with Crippen LogP contribution in [0, 0.1) is 5.92 Å². The van der Waals surface area contributed by atoms with E-state index in [-0.39, 0.29) is 41.4 Å². The summed E-state index contributed by atoms with van der Waals surface area (Å²) in [7, 11) is 3.32. The molecule has 1 aliphatic carbocycles. The van der Waals surface area contributed by atoms with Crippen molar-refractivity contribution in [2.24, 2.45) is 5.92 Å².